The van der Waals surface area contributed by atoms with Gasteiger partial charge < -0.3 is 10.2 Å². The van der Waals surface area contributed by atoms with Crippen molar-refractivity contribution in [3.05, 3.63) is 16.3 Å². The highest BCUT2D eigenvalue weighted by Crippen LogP contribution is 2.34. The third kappa shape index (κ3) is 3.40. The van der Waals surface area contributed by atoms with Crippen LogP contribution in [0.4, 0.5) is 8.78 Å². The molecular formula is C14H18F2N2OS2. The molecule has 0 aliphatic carbocycles. The van der Waals surface area contributed by atoms with Crippen molar-refractivity contribution in [3.8, 4) is 0 Å². The molecule has 7 heteroatoms. The number of carbonyl (C=O) groups excluding carboxylic acids is 1. The average molecular weight is 332 g/mol. The fourth-order valence-electron chi connectivity index (χ4n) is 3.21. The Hall–Kier alpha value is -0.660. The Morgan fingerprint density at radius 1 is 1.33 bits per heavy atom. The monoisotopic (exact) mass is 332 g/mol. The predicted molar refractivity (Wildman–Crippen MR) is 81.2 cm³/mol. The molecule has 3 heterocycles. The van der Waals surface area contributed by atoms with Gasteiger partial charge in [-0.05, 0) is 49.2 Å². The van der Waals surface area contributed by atoms with Gasteiger partial charge in [0.15, 0.2) is 0 Å². The van der Waals surface area contributed by atoms with Gasteiger partial charge in [0.2, 0.25) is 0 Å². The fourth-order valence-corrected chi connectivity index (χ4v) is 4.87. The minimum absolute atomic E-state index is 0.0823. The van der Waals surface area contributed by atoms with Crippen molar-refractivity contribution in [2.24, 2.45) is 11.8 Å². The van der Waals surface area contributed by atoms with Crippen LogP contribution in [0.25, 0.3) is 0 Å². The fraction of sp³-hybridized carbons (Fsp3) is 0.643. The molecule has 116 valence electrons. The second-order valence-corrected chi connectivity index (χ2v) is 7.49. The Morgan fingerprint density at radius 3 is 2.62 bits per heavy atom. The second-order valence-electron chi connectivity index (χ2n) is 5.54. The minimum atomic E-state index is -2.49. The molecule has 0 bridgehead atoms. The van der Waals surface area contributed by atoms with Crippen LogP contribution in [0.2, 0.25) is 0 Å². The summed E-state index contributed by atoms with van der Waals surface area (Å²) < 4.78 is 25.1. The van der Waals surface area contributed by atoms with E-state index >= 15 is 0 Å². The number of halogens is 2. The van der Waals surface area contributed by atoms with E-state index in [1.165, 1.54) is 11.3 Å². The third-order valence-electron chi connectivity index (χ3n) is 4.35. The number of hydrogen-bond donors (Lipinski definition) is 1. The number of likely N-dealkylation sites (tertiary alicyclic amines) is 1. The summed E-state index contributed by atoms with van der Waals surface area (Å²) >= 11 is 1.73. The predicted octanol–water partition coefficient (Wildman–Crippen LogP) is 3.13. The number of nitrogens with one attached hydrogen (secondary N) is 1. The first-order valence-electron chi connectivity index (χ1n) is 7.17. The third-order valence-corrected chi connectivity index (χ3v) is 6.15. The van der Waals surface area contributed by atoms with Crippen LogP contribution in [0.15, 0.2) is 16.3 Å². The molecule has 2 aliphatic rings. The Kier molecular flexibility index (Phi) is 4.81. The number of rotatable bonds is 3. The molecule has 1 N–H and O–H groups in total. The Labute approximate surface area is 131 Å². The van der Waals surface area contributed by atoms with Gasteiger partial charge >= 0.3 is 0 Å². The lowest BCUT2D eigenvalue weighted by Gasteiger charge is -2.20. The lowest BCUT2D eigenvalue weighted by molar-refractivity contribution is 0.0760. The van der Waals surface area contributed by atoms with Gasteiger partial charge in [0.05, 0.1) is 0 Å². The van der Waals surface area contributed by atoms with Crippen LogP contribution < -0.4 is 5.32 Å². The van der Waals surface area contributed by atoms with Crippen LogP contribution in [0.5, 0.6) is 0 Å². The molecule has 1 aromatic heterocycles. The molecule has 21 heavy (non-hydrogen) atoms. The number of hydrogen-bond acceptors (Lipinski definition) is 4. The number of fused-ring (bicyclic) bond motifs is 1. The van der Waals surface area contributed by atoms with Crippen molar-refractivity contribution in [2.75, 3.05) is 26.2 Å². The number of thiophene rings is 1. The molecule has 0 radical (unpaired) electrons. The second kappa shape index (κ2) is 6.62. The van der Waals surface area contributed by atoms with Crippen LogP contribution in [0, 0.1) is 11.8 Å². The first-order chi connectivity index (χ1) is 10.1. The first kappa shape index (κ1) is 15.2. The molecule has 0 saturated carbocycles. The maximum Gasteiger partial charge on any atom is 0.288 e. The topological polar surface area (TPSA) is 32.3 Å². The summed E-state index contributed by atoms with van der Waals surface area (Å²) in [5.74, 6) is -1.26. The highest BCUT2D eigenvalue weighted by molar-refractivity contribution is 7.99. The molecule has 2 saturated heterocycles. The zero-order valence-corrected chi connectivity index (χ0v) is 13.2. The van der Waals surface area contributed by atoms with Crippen LogP contribution in [-0.2, 0) is 0 Å². The molecule has 2 aliphatic heterocycles. The number of carbonyl (C=O) groups is 1. The largest absolute Gasteiger partial charge is 0.338 e. The normalized spacial score (nSPS) is 26.0. The van der Waals surface area contributed by atoms with Gasteiger partial charge in [-0.3, -0.25) is 4.79 Å². The van der Waals surface area contributed by atoms with Crippen molar-refractivity contribution in [2.45, 2.75) is 23.5 Å². The van der Waals surface area contributed by atoms with E-state index in [1.54, 1.807) is 11.4 Å². The van der Waals surface area contributed by atoms with Gasteiger partial charge in [-0.25, -0.2) is 0 Å². The van der Waals surface area contributed by atoms with Crippen molar-refractivity contribution in [1.29, 1.82) is 0 Å². The standard InChI is InChI=1S/C14H18F2N2OS2/c15-14(16)21-11-3-6-20-12(11)13(19)18-4-1-9-7-17-8-10(9)2-5-18/h3,6,9-10,14,17H,1-2,4-5,7-8H2/t9-,10+. The summed E-state index contributed by atoms with van der Waals surface area (Å²) in [6.45, 7) is 3.55. The maximum atomic E-state index is 12.6. The molecule has 2 fully saturated rings. The van der Waals surface area contributed by atoms with Gasteiger partial charge in [-0.2, -0.15) is 8.78 Å². The molecule has 0 unspecified atom stereocenters. The Balaban J connectivity index is 1.69. The number of amides is 1. The van der Waals surface area contributed by atoms with Crippen LogP contribution in [0.3, 0.4) is 0 Å². The molecule has 3 rings (SSSR count). The summed E-state index contributed by atoms with van der Waals surface area (Å²) in [6.07, 6.45) is 2.01. The smallest absolute Gasteiger partial charge is 0.288 e. The van der Waals surface area contributed by atoms with Gasteiger partial charge in [0.1, 0.15) is 4.88 Å². The van der Waals surface area contributed by atoms with Gasteiger partial charge in [0.25, 0.3) is 11.7 Å². The molecule has 1 amide bonds. The Bertz CT molecular complexity index is 495. The SMILES string of the molecule is O=C(c1sccc1SC(F)F)N1CC[C@@H]2CNC[C@@H]2CC1. The summed E-state index contributed by atoms with van der Waals surface area (Å²) in [5, 5.41) is 5.12. The highest BCUT2D eigenvalue weighted by atomic mass is 32.2. The summed E-state index contributed by atoms with van der Waals surface area (Å²) in [6, 6.07) is 1.62. The zero-order valence-electron chi connectivity index (χ0n) is 11.6. The number of alkyl halides is 2. The van der Waals surface area contributed by atoms with Crippen molar-refractivity contribution >= 4 is 29.0 Å². The Morgan fingerprint density at radius 2 is 2.00 bits per heavy atom. The number of nitrogens with zero attached hydrogens (tertiary/aromatic N) is 1. The van der Waals surface area contributed by atoms with E-state index in [1.807, 2.05) is 4.90 Å². The van der Waals surface area contributed by atoms with Crippen LogP contribution >= 0.6 is 23.1 Å². The quantitative estimate of drug-likeness (QED) is 0.863. The molecule has 1 aromatic rings. The lowest BCUT2D eigenvalue weighted by Crippen LogP contribution is -2.32. The van der Waals surface area contributed by atoms with E-state index in [2.05, 4.69) is 5.32 Å². The summed E-state index contributed by atoms with van der Waals surface area (Å²) in [7, 11) is 0. The van der Waals surface area contributed by atoms with Crippen molar-refractivity contribution in [3.63, 3.8) is 0 Å². The minimum Gasteiger partial charge on any atom is -0.338 e. The van der Waals surface area contributed by atoms with Crippen molar-refractivity contribution in [1.82, 2.24) is 10.2 Å². The van der Waals surface area contributed by atoms with Gasteiger partial charge in [0, 0.05) is 18.0 Å². The van der Waals surface area contributed by atoms with E-state index in [-0.39, 0.29) is 5.91 Å². The molecular weight excluding hydrogens is 314 g/mol. The van der Waals surface area contributed by atoms with Gasteiger partial charge in [-0.1, -0.05) is 11.8 Å². The van der Waals surface area contributed by atoms with E-state index < -0.39 is 5.76 Å². The zero-order chi connectivity index (χ0) is 14.8. The molecule has 0 aromatic carbocycles. The molecule has 3 nitrogen and oxygen atoms in total. The van der Waals surface area contributed by atoms with E-state index in [9.17, 15) is 13.6 Å². The van der Waals surface area contributed by atoms with E-state index in [4.69, 9.17) is 0 Å². The summed E-state index contributed by atoms with van der Waals surface area (Å²) in [4.78, 5) is 15.3. The maximum absolute atomic E-state index is 12.6. The first-order valence-corrected chi connectivity index (χ1v) is 8.93. The molecule has 0 spiro atoms. The summed E-state index contributed by atoms with van der Waals surface area (Å²) in [5.41, 5.74) is 0. The molecule has 2 atom stereocenters. The number of thioether (sulfide) groups is 1. The van der Waals surface area contributed by atoms with Crippen LogP contribution in [0.1, 0.15) is 22.5 Å². The highest BCUT2D eigenvalue weighted by Gasteiger charge is 2.32. The average Bonchev–Trinajstić information content (AvgIpc) is 3.03. The van der Waals surface area contributed by atoms with Gasteiger partial charge in [-0.15, -0.1) is 11.3 Å². The van der Waals surface area contributed by atoms with Crippen molar-refractivity contribution < 1.29 is 13.6 Å². The van der Waals surface area contributed by atoms with Crippen LogP contribution in [-0.4, -0.2) is 42.7 Å². The van der Waals surface area contributed by atoms with E-state index in [0.717, 1.165) is 39.0 Å². The lowest BCUT2D eigenvalue weighted by atomic mass is 9.92. The van der Waals surface area contributed by atoms with E-state index in [0.29, 0.717) is 33.4 Å².